The van der Waals surface area contributed by atoms with Gasteiger partial charge in [0.2, 0.25) is 5.91 Å². The first kappa shape index (κ1) is 16.6. The quantitative estimate of drug-likeness (QED) is 0.838. The molecule has 0 aromatic heterocycles. The molecule has 2 rings (SSSR count). The van der Waals surface area contributed by atoms with E-state index in [2.05, 4.69) is 28.2 Å². The molecule has 2 aromatic carbocycles. The Morgan fingerprint density at radius 2 is 1.95 bits per heavy atom. The first-order valence-electron chi connectivity index (χ1n) is 7.26. The van der Waals surface area contributed by atoms with Crippen LogP contribution in [0.1, 0.15) is 23.1 Å². The molecule has 0 bridgehead atoms. The highest BCUT2D eigenvalue weighted by Crippen LogP contribution is 2.16. The van der Waals surface area contributed by atoms with Gasteiger partial charge < -0.3 is 10.1 Å². The number of hydrogen-bond donors (Lipinski definition) is 1. The van der Waals surface area contributed by atoms with Gasteiger partial charge in [-0.05, 0) is 54.8 Å². The third kappa shape index (κ3) is 5.19. The van der Waals surface area contributed by atoms with E-state index >= 15 is 0 Å². The molecule has 0 aliphatic carbocycles. The van der Waals surface area contributed by atoms with E-state index in [0.29, 0.717) is 19.6 Å². The van der Waals surface area contributed by atoms with Crippen LogP contribution in [0, 0.1) is 13.8 Å². The maximum Gasteiger partial charge on any atom is 0.223 e. The summed E-state index contributed by atoms with van der Waals surface area (Å²) in [6.45, 7) is 5.02. The van der Waals surface area contributed by atoms with E-state index in [0.717, 1.165) is 15.8 Å². The summed E-state index contributed by atoms with van der Waals surface area (Å²) < 4.78 is 6.63. The molecule has 1 amide bonds. The van der Waals surface area contributed by atoms with Crippen molar-refractivity contribution < 1.29 is 9.53 Å². The lowest BCUT2D eigenvalue weighted by Gasteiger charge is -2.09. The first-order valence-corrected chi connectivity index (χ1v) is 8.05. The number of nitrogens with one attached hydrogen (secondary N) is 1. The molecule has 0 saturated heterocycles. The molecule has 0 heterocycles. The molecule has 0 aliphatic rings. The van der Waals surface area contributed by atoms with Crippen molar-refractivity contribution >= 4 is 21.8 Å². The van der Waals surface area contributed by atoms with Crippen molar-refractivity contribution in [2.75, 3.05) is 6.61 Å². The van der Waals surface area contributed by atoms with Gasteiger partial charge in [0, 0.05) is 11.0 Å². The van der Waals surface area contributed by atoms with Crippen molar-refractivity contribution in [2.45, 2.75) is 26.8 Å². The van der Waals surface area contributed by atoms with Crippen LogP contribution >= 0.6 is 15.9 Å². The van der Waals surface area contributed by atoms with Gasteiger partial charge in [-0.3, -0.25) is 4.79 Å². The molecule has 0 spiro atoms. The van der Waals surface area contributed by atoms with Crippen LogP contribution in [-0.4, -0.2) is 12.5 Å². The molecule has 1 N–H and O–H groups in total. The number of halogens is 1. The zero-order valence-corrected chi connectivity index (χ0v) is 14.4. The molecule has 0 saturated carbocycles. The molecule has 0 unspecified atom stereocenters. The maximum atomic E-state index is 11.8. The number of aryl methyl sites for hydroxylation is 2. The number of ether oxygens (including phenoxy) is 1. The summed E-state index contributed by atoms with van der Waals surface area (Å²) in [7, 11) is 0. The fourth-order valence-corrected chi connectivity index (χ4v) is 2.45. The van der Waals surface area contributed by atoms with E-state index in [-0.39, 0.29) is 5.91 Å². The zero-order valence-electron chi connectivity index (χ0n) is 12.9. The van der Waals surface area contributed by atoms with Crippen LogP contribution < -0.4 is 10.1 Å². The molecule has 4 heteroatoms. The van der Waals surface area contributed by atoms with E-state index < -0.39 is 0 Å². The minimum atomic E-state index is -0.0104. The molecule has 0 atom stereocenters. The SMILES string of the molecule is Cc1ccc(OCCC(=O)NCc2cccc(Br)c2)cc1C. The van der Waals surface area contributed by atoms with Gasteiger partial charge in [-0.25, -0.2) is 0 Å². The van der Waals surface area contributed by atoms with Gasteiger partial charge in [-0.15, -0.1) is 0 Å². The van der Waals surface area contributed by atoms with Gasteiger partial charge in [-0.2, -0.15) is 0 Å². The Bertz CT molecular complexity index is 655. The maximum absolute atomic E-state index is 11.8. The summed E-state index contributed by atoms with van der Waals surface area (Å²) in [5, 5.41) is 2.89. The van der Waals surface area contributed by atoms with E-state index in [1.165, 1.54) is 11.1 Å². The number of rotatable bonds is 6. The lowest BCUT2D eigenvalue weighted by atomic mass is 10.1. The molecule has 3 nitrogen and oxygen atoms in total. The Morgan fingerprint density at radius 3 is 2.68 bits per heavy atom. The number of amides is 1. The van der Waals surface area contributed by atoms with Crippen molar-refractivity contribution in [1.82, 2.24) is 5.32 Å². The third-order valence-corrected chi connectivity index (χ3v) is 3.95. The van der Waals surface area contributed by atoms with Crippen LogP contribution in [0.3, 0.4) is 0 Å². The average molecular weight is 362 g/mol. The second kappa shape index (κ2) is 7.99. The van der Waals surface area contributed by atoms with Gasteiger partial charge in [0.05, 0.1) is 13.0 Å². The molecule has 0 fully saturated rings. The van der Waals surface area contributed by atoms with Crippen LogP contribution in [0.5, 0.6) is 5.75 Å². The highest BCUT2D eigenvalue weighted by molar-refractivity contribution is 9.10. The summed E-state index contributed by atoms with van der Waals surface area (Å²) >= 11 is 3.42. The van der Waals surface area contributed by atoms with Crippen LogP contribution in [0.25, 0.3) is 0 Å². The largest absolute Gasteiger partial charge is 0.493 e. The molecule has 0 radical (unpaired) electrons. The van der Waals surface area contributed by atoms with Crippen LogP contribution in [-0.2, 0) is 11.3 Å². The van der Waals surface area contributed by atoms with Gasteiger partial charge >= 0.3 is 0 Å². The summed E-state index contributed by atoms with van der Waals surface area (Å²) in [4.78, 5) is 11.8. The highest BCUT2D eigenvalue weighted by Gasteiger charge is 2.03. The van der Waals surface area contributed by atoms with Gasteiger partial charge in [-0.1, -0.05) is 34.1 Å². The zero-order chi connectivity index (χ0) is 15.9. The number of carbonyl (C=O) groups excluding carboxylic acids is 1. The predicted molar refractivity (Wildman–Crippen MR) is 92.0 cm³/mol. The summed E-state index contributed by atoms with van der Waals surface area (Å²) in [6.07, 6.45) is 0.348. The summed E-state index contributed by atoms with van der Waals surface area (Å²) in [5.74, 6) is 0.798. The Hall–Kier alpha value is -1.81. The minimum absolute atomic E-state index is 0.0104. The highest BCUT2D eigenvalue weighted by atomic mass is 79.9. The number of hydrogen-bond acceptors (Lipinski definition) is 2. The standard InChI is InChI=1S/C18H20BrNO2/c1-13-6-7-17(10-14(13)2)22-9-8-18(21)20-12-15-4-3-5-16(19)11-15/h3-7,10-11H,8-9,12H2,1-2H3,(H,20,21). The van der Waals surface area contributed by atoms with Crippen LogP contribution in [0.2, 0.25) is 0 Å². The first-order chi connectivity index (χ1) is 10.5. The summed E-state index contributed by atoms with van der Waals surface area (Å²) in [5.41, 5.74) is 3.49. The van der Waals surface area contributed by atoms with Crippen molar-refractivity contribution in [2.24, 2.45) is 0 Å². The van der Waals surface area contributed by atoms with E-state index in [4.69, 9.17) is 4.74 Å². The molecule has 116 valence electrons. The second-order valence-corrected chi connectivity index (χ2v) is 6.17. The fraction of sp³-hybridized carbons (Fsp3) is 0.278. The molecular weight excluding hydrogens is 342 g/mol. The van der Waals surface area contributed by atoms with Gasteiger partial charge in [0.25, 0.3) is 0 Å². The van der Waals surface area contributed by atoms with Crippen molar-refractivity contribution in [3.8, 4) is 5.75 Å². The molecule has 0 aliphatic heterocycles. The minimum Gasteiger partial charge on any atom is -0.493 e. The topological polar surface area (TPSA) is 38.3 Å². The predicted octanol–water partition coefficient (Wildman–Crippen LogP) is 4.15. The van der Waals surface area contributed by atoms with E-state index in [1.807, 2.05) is 49.4 Å². The van der Waals surface area contributed by atoms with Gasteiger partial charge in [0.15, 0.2) is 0 Å². The van der Waals surface area contributed by atoms with Crippen LogP contribution in [0.4, 0.5) is 0 Å². The number of carbonyl (C=O) groups is 1. The normalized spacial score (nSPS) is 10.3. The van der Waals surface area contributed by atoms with Crippen LogP contribution in [0.15, 0.2) is 46.9 Å². The monoisotopic (exact) mass is 361 g/mol. The Balaban J connectivity index is 1.72. The van der Waals surface area contributed by atoms with Crippen molar-refractivity contribution in [3.63, 3.8) is 0 Å². The fourth-order valence-electron chi connectivity index (χ4n) is 2.00. The lowest BCUT2D eigenvalue weighted by molar-refractivity contribution is -0.121. The molecular formula is C18H20BrNO2. The molecule has 2 aromatic rings. The Kier molecular flexibility index (Phi) is 6.01. The Labute approximate surface area is 139 Å². The summed E-state index contributed by atoms with van der Waals surface area (Å²) in [6, 6.07) is 13.8. The average Bonchev–Trinajstić information content (AvgIpc) is 2.49. The smallest absolute Gasteiger partial charge is 0.223 e. The van der Waals surface area contributed by atoms with Crippen molar-refractivity contribution in [3.05, 3.63) is 63.6 Å². The van der Waals surface area contributed by atoms with Crippen molar-refractivity contribution in [1.29, 1.82) is 0 Å². The van der Waals surface area contributed by atoms with E-state index in [9.17, 15) is 4.79 Å². The lowest BCUT2D eigenvalue weighted by Crippen LogP contribution is -2.24. The Morgan fingerprint density at radius 1 is 1.14 bits per heavy atom. The molecule has 22 heavy (non-hydrogen) atoms. The second-order valence-electron chi connectivity index (χ2n) is 5.25. The van der Waals surface area contributed by atoms with Gasteiger partial charge in [0.1, 0.15) is 5.75 Å². The van der Waals surface area contributed by atoms with E-state index in [1.54, 1.807) is 0 Å². The number of benzene rings is 2. The third-order valence-electron chi connectivity index (χ3n) is 3.45.